The zero-order valence-corrected chi connectivity index (χ0v) is 28.1. The average Bonchev–Trinajstić information content (AvgIpc) is 3.20. The standard InChI is InChI=1S/C50H30F2/c51-49-13-5-7-37-27-35(23-25-39(37)49)31-15-19-33(20-16-31)45-29-48-44-12-4-2-10-42(44)46(30-47(48)43-11-3-1-9-41(43)45)34-21-17-32(18-22-34)36-24-26-40-38(28-36)8-6-14-50(40)52/h1-30H. The second kappa shape index (κ2) is 12.0. The van der Waals surface area contributed by atoms with Crippen molar-refractivity contribution < 1.29 is 8.78 Å². The molecule has 10 aromatic rings. The monoisotopic (exact) mass is 668 g/mol. The first-order valence-corrected chi connectivity index (χ1v) is 17.5. The van der Waals surface area contributed by atoms with Crippen LogP contribution in [-0.2, 0) is 0 Å². The van der Waals surface area contributed by atoms with Crippen LogP contribution in [0.3, 0.4) is 0 Å². The Balaban J connectivity index is 1.08. The second-order valence-corrected chi connectivity index (χ2v) is 13.5. The highest BCUT2D eigenvalue weighted by atomic mass is 19.1. The molecule has 0 radical (unpaired) electrons. The first-order chi connectivity index (χ1) is 25.6. The van der Waals surface area contributed by atoms with Crippen LogP contribution in [0.25, 0.3) is 98.4 Å². The Morgan fingerprint density at radius 2 is 0.596 bits per heavy atom. The van der Waals surface area contributed by atoms with Gasteiger partial charge in [0, 0.05) is 10.8 Å². The Kier molecular flexibility index (Phi) is 6.97. The summed E-state index contributed by atoms with van der Waals surface area (Å²) in [4.78, 5) is 0. The van der Waals surface area contributed by atoms with E-state index in [4.69, 9.17) is 0 Å². The molecule has 0 aliphatic heterocycles. The average molecular weight is 669 g/mol. The summed E-state index contributed by atoms with van der Waals surface area (Å²) in [7, 11) is 0. The molecule has 0 unspecified atom stereocenters. The van der Waals surface area contributed by atoms with E-state index in [0.29, 0.717) is 10.8 Å². The van der Waals surface area contributed by atoms with Gasteiger partial charge in [-0.2, -0.15) is 0 Å². The lowest BCUT2D eigenvalue weighted by Crippen LogP contribution is -1.89. The smallest absolute Gasteiger partial charge is 0.131 e. The van der Waals surface area contributed by atoms with Crippen LogP contribution in [0, 0.1) is 11.6 Å². The molecule has 0 N–H and O–H groups in total. The van der Waals surface area contributed by atoms with Gasteiger partial charge >= 0.3 is 0 Å². The van der Waals surface area contributed by atoms with E-state index in [1.54, 1.807) is 12.1 Å². The van der Waals surface area contributed by atoms with Crippen LogP contribution in [0.5, 0.6) is 0 Å². The van der Waals surface area contributed by atoms with E-state index in [-0.39, 0.29) is 11.6 Å². The van der Waals surface area contributed by atoms with Crippen molar-refractivity contribution in [3.8, 4) is 44.5 Å². The Morgan fingerprint density at radius 3 is 1.02 bits per heavy atom. The van der Waals surface area contributed by atoms with E-state index in [0.717, 1.165) is 44.2 Å². The third-order valence-electron chi connectivity index (χ3n) is 10.6. The van der Waals surface area contributed by atoms with E-state index >= 15 is 0 Å². The predicted molar refractivity (Wildman–Crippen MR) is 216 cm³/mol. The Morgan fingerprint density at radius 1 is 0.231 bits per heavy atom. The van der Waals surface area contributed by atoms with Gasteiger partial charge in [-0.25, -0.2) is 8.78 Å². The molecule has 0 spiro atoms. The van der Waals surface area contributed by atoms with Crippen molar-refractivity contribution in [2.24, 2.45) is 0 Å². The first-order valence-electron chi connectivity index (χ1n) is 17.5. The SMILES string of the molecule is Fc1cccc2cc(-c3ccc(-c4cc5c6ccccc6c(-c6ccc(-c7ccc8c(F)cccc8c7)cc6)cc5c5ccccc45)cc3)ccc12. The number of fused-ring (bicyclic) bond motifs is 7. The van der Waals surface area contributed by atoms with Gasteiger partial charge in [0.25, 0.3) is 0 Å². The summed E-state index contributed by atoms with van der Waals surface area (Å²) >= 11 is 0. The summed E-state index contributed by atoms with van der Waals surface area (Å²) in [6, 6.07) is 61.8. The molecule has 52 heavy (non-hydrogen) atoms. The van der Waals surface area contributed by atoms with Gasteiger partial charge in [0.15, 0.2) is 0 Å². The topological polar surface area (TPSA) is 0 Å². The molecule has 0 atom stereocenters. The molecule has 2 heteroatoms. The zero-order valence-electron chi connectivity index (χ0n) is 28.1. The van der Waals surface area contributed by atoms with Crippen LogP contribution in [0.15, 0.2) is 182 Å². The fourth-order valence-corrected chi connectivity index (χ4v) is 7.96. The van der Waals surface area contributed by atoms with Gasteiger partial charge in [-0.15, -0.1) is 0 Å². The molecule has 0 saturated carbocycles. The number of rotatable bonds is 4. The molecule has 0 bridgehead atoms. The van der Waals surface area contributed by atoms with Gasteiger partial charge in [-0.3, -0.25) is 0 Å². The molecule has 0 aliphatic carbocycles. The quantitative estimate of drug-likeness (QED) is 0.164. The molecule has 0 fully saturated rings. The van der Waals surface area contributed by atoms with Crippen LogP contribution >= 0.6 is 0 Å². The molecule has 0 aromatic heterocycles. The Bertz CT molecular complexity index is 2800. The maximum atomic E-state index is 14.3. The van der Waals surface area contributed by atoms with E-state index < -0.39 is 0 Å². The summed E-state index contributed by atoms with van der Waals surface area (Å²) in [5, 5.41) is 10.3. The summed E-state index contributed by atoms with van der Waals surface area (Å²) in [5.74, 6) is -0.395. The summed E-state index contributed by atoms with van der Waals surface area (Å²) in [5.41, 5.74) is 8.98. The lowest BCUT2D eigenvalue weighted by molar-refractivity contribution is 0.639. The molecule has 0 nitrogen and oxygen atoms in total. The van der Waals surface area contributed by atoms with Crippen molar-refractivity contribution in [1.29, 1.82) is 0 Å². The summed E-state index contributed by atoms with van der Waals surface area (Å²) < 4.78 is 28.6. The van der Waals surface area contributed by atoms with Crippen LogP contribution in [-0.4, -0.2) is 0 Å². The van der Waals surface area contributed by atoms with Gasteiger partial charge in [0.1, 0.15) is 11.6 Å². The minimum Gasteiger partial charge on any atom is -0.206 e. The fourth-order valence-electron chi connectivity index (χ4n) is 7.96. The van der Waals surface area contributed by atoms with Gasteiger partial charge in [-0.05, 0) is 124 Å². The zero-order chi connectivity index (χ0) is 34.8. The van der Waals surface area contributed by atoms with E-state index in [1.165, 1.54) is 55.6 Å². The highest BCUT2D eigenvalue weighted by molar-refractivity contribution is 6.23. The van der Waals surface area contributed by atoms with Crippen LogP contribution < -0.4 is 0 Å². The van der Waals surface area contributed by atoms with Crippen molar-refractivity contribution in [3.05, 3.63) is 194 Å². The van der Waals surface area contributed by atoms with Gasteiger partial charge in [0.05, 0.1) is 0 Å². The van der Waals surface area contributed by atoms with Crippen LogP contribution in [0.2, 0.25) is 0 Å². The minimum atomic E-state index is -0.197. The minimum absolute atomic E-state index is 0.197. The third kappa shape index (κ3) is 4.95. The van der Waals surface area contributed by atoms with Gasteiger partial charge in [-0.1, -0.05) is 146 Å². The van der Waals surface area contributed by atoms with Crippen LogP contribution in [0.4, 0.5) is 8.78 Å². The van der Waals surface area contributed by atoms with Crippen molar-refractivity contribution in [2.45, 2.75) is 0 Å². The Labute approximate surface area is 299 Å². The Hall–Kier alpha value is -6.64. The van der Waals surface area contributed by atoms with Crippen molar-refractivity contribution in [3.63, 3.8) is 0 Å². The normalized spacial score (nSPS) is 11.7. The molecular formula is C50H30F2. The largest absolute Gasteiger partial charge is 0.206 e. The van der Waals surface area contributed by atoms with Gasteiger partial charge < -0.3 is 0 Å². The molecule has 0 heterocycles. The molecule has 10 rings (SSSR count). The molecule has 0 saturated heterocycles. The van der Waals surface area contributed by atoms with Crippen molar-refractivity contribution >= 4 is 53.9 Å². The third-order valence-corrected chi connectivity index (χ3v) is 10.6. The number of halogens is 2. The number of hydrogen-bond acceptors (Lipinski definition) is 0. The highest BCUT2D eigenvalue weighted by Gasteiger charge is 2.15. The van der Waals surface area contributed by atoms with E-state index in [9.17, 15) is 8.78 Å². The van der Waals surface area contributed by atoms with Crippen molar-refractivity contribution in [1.82, 2.24) is 0 Å². The maximum absolute atomic E-state index is 14.3. The maximum Gasteiger partial charge on any atom is 0.131 e. The van der Waals surface area contributed by atoms with Crippen molar-refractivity contribution in [2.75, 3.05) is 0 Å². The van der Waals surface area contributed by atoms with Gasteiger partial charge in [0.2, 0.25) is 0 Å². The highest BCUT2D eigenvalue weighted by Crippen LogP contribution is 2.42. The number of hydrogen-bond donors (Lipinski definition) is 0. The van der Waals surface area contributed by atoms with Crippen LogP contribution in [0.1, 0.15) is 0 Å². The fraction of sp³-hybridized carbons (Fsp3) is 0. The lowest BCUT2D eigenvalue weighted by atomic mass is 9.87. The second-order valence-electron chi connectivity index (χ2n) is 13.5. The summed E-state index contributed by atoms with van der Waals surface area (Å²) in [6.45, 7) is 0. The molecule has 0 amide bonds. The van der Waals surface area contributed by atoms with E-state index in [2.05, 4.69) is 121 Å². The predicted octanol–water partition coefficient (Wildman–Crippen LogP) is 14.4. The molecule has 10 aromatic carbocycles. The summed E-state index contributed by atoms with van der Waals surface area (Å²) in [6.07, 6.45) is 0. The molecular weight excluding hydrogens is 639 g/mol. The molecule has 244 valence electrons. The van der Waals surface area contributed by atoms with E-state index in [1.807, 2.05) is 36.4 Å². The molecule has 0 aliphatic rings. The lowest BCUT2D eigenvalue weighted by Gasteiger charge is -2.16. The number of benzene rings is 10. The first kappa shape index (κ1) is 30.2.